The first-order chi connectivity index (χ1) is 10.7. The van der Waals surface area contributed by atoms with Crippen LogP contribution in [-0.4, -0.2) is 21.6 Å². The molecule has 0 aliphatic carbocycles. The lowest BCUT2D eigenvalue weighted by molar-refractivity contribution is -0.118. The molecular weight excluding hydrogens is 294 g/mol. The monoisotopic (exact) mass is 311 g/mol. The molecule has 0 spiro atoms. The Bertz CT molecular complexity index is 737. The SMILES string of the molecule is CC(CSc1ccccc1)C(=O)Nc1nc2ccccc2[nH]1. The first-order valence-corrected chi connectivity index (χ1v) is 8.14. The average molecular weight is 311 g/mol. The summed E-state index contributed by atoms with van der Waals surface area (Å²) in [6.45, 7) is 1.92. The van der Waals surface area contributed by atoms with Gasteiger partial charge < -0.3 is 4.98 Å². The van der Waals surface area contributed by atoms with E-state index in [1.165, 1.54) is 4.90 Å². The van der Waals surface area contributed by atoms with Crippen LogP contribution in [0.5, 0.6) is 0 Å². The summed E-state index contributed by atoms with van der Waals surface area (Å²) in [5, 5.41) is 2.85. The Morgan fingerprint density at radius 1 is 1.18 bits per heavy atom. The van der Waals surface area contributed by atoms with Gasteiger partial charge in [0.25, 0.3) is 0 Å². The summed E-state index contributed by atoms with van der Waals surface area (Å²) >= 11 is 1.68. The number of aromatic nitrogens is 2. The molecule has 0 fully saturated rings. The number of amides is 1. The number of aromatic amines is 1. The third-order valence-corrected chi connectivity index (χ3v) is 4.59. The lowest BCUT2D eigenvalue weighted by Crippen LogP contribution is -2.22. The zero-order valence-corrected chi connectivity index (χ0v) is 13.1. The highest BCUT2D eigenvalue weighted by Gasteiger charge is 2.15. The van der Waals surface area contributed by atoms with Crippen LogP contribution in [0, 0.1) is 5.92 Å². The standard InChI is InChI=1S/C17H17N3OS/c1-12(11-22-13-7-3-2-4-8-13)16(21)20-17-18-14-9-5-6-10-15(14)19-17/h2-10,12H,11H2,1H3,(H2,18,19,20,21). The molecule has 0 aliphatic rings. The smallest absolute Gasteiger partial charge is 0.230 e. The predicted octanol–water partition coefficient (Wildman–Crippen LogP) is 3.93. The molecule has 0 saturated carbocycles. The van der Waals surface area contributed by atoms with Gasteiger partial charge in [0.2, 0.25) is 11.9 Å². The Morgan fingerprint density at radius 2 is 1.91 bits per heavy atom. The zero-order valence-electron chi connectivity index (χ0n) is 12.2. The molecule has 112 valence electrons. The van der Waals surface area contributed by atoms with E-state index < -0.39 is 0 Å². The maximum atomic E-state index is 12.2. The number of rotatable bonds is 5. The van der Waals surface area contributed by atoms with Crippen molar-refractivity contribution in [3.8, 4) is 0 Å². The lowest BCUT2D eigenvalue weighted by atomic mass is 10.2. The minimum Gasteiger partial charge on any atom is -0.324 e. The predicted molar refractivity (Wildman–Crippen MR) is 91.1 cm³/mol. The van der Waals surface area contributed by atoms with Crippen LogP contribution in [0.1, 0.15) is 6.92 Å². The van der Waals surface area contributed by atoms with Gasteiger partial charge >= 0.3 is 0 Å². The van der Waals surface area contributed by atoms with Crippen molar-refractivity contribution in [2.24, 2.45) is 5.92 Å². The molecule has 0 saturated heterocycles. The van der Waals surface area contributed by atoms with Gasteiger partial charge in [0.1, 0.15) is 0 Å². The van der Waals surface area contributed by atoms with Crippen LogP contribution in [0.4, 0.5) is 5.95 Å². The molecule has 1 amide bonds. The fraction of sp³-hybridized carbons (Fsp3) is 0.176. The maximum Gasteiger partial charge on any atom is 0.230 e. The van der Waals surface area contributed by atoms with Crippen LogP contribution in [-0.2, 0) is 4.79 Å². The molecule has 5 heteroatoms. The number of anilines is 1. The number of hydrogen-bond acceptors (Lipinski definition) is 3. The van der Waals surface area contributed by atoms with E-state index >= 15 is 0 Å². The van der Waals surface area contributed by atoms with Crippen LogP contribution in [0.25, 0.3) is 11.0 Å². The van der Waals surface area contributed by atoms with Crippen molar-refractivity contribution in [2.45, 2.75) is 11.8 Å². The molecule has 1 unspecified atom stereocenters. The second kappa shape index (κ2) is 6.66. The summed E-state index contributed by atoms with van der Waals surface area (Å²) in [7, 11) is 0. The third-order valence-electron chi connectivity index (χ3n) is 3.32. The summed E-state index contributed by atoms with van der Waals surface area (Å²) in [5.41, 5.74) is 1.77. The van der Waals surface area contributed by atoms with E-state index in [9.17, 15) is 4.79 Å². The van der Waals surface area contributed by atoms with Crippen molar-refractivity contribution in [3.63, 3.8) is 0 Å². The largest absolute Gasteiger partial charge is 0.324 e. The van der Waals surface area contributed by atoms with Crippen LogP contribution in [0.15, 0.2) is 59.5 Å². The lowest BCUT2D eigenvalue weighted by Gasteiger charge is -2.10. The molecule has 1 aromatic heterocycles. The normalized spacial score (nSPS) is 12.2. The second-order valence-electron chi connectivity index (χ2n) is 5.12. The average Bonchev–Trinajstić information content (AvgIpc) is 2.95. The summed E-state index contributed by atoms with van der Waals surface area (Å²) < 4.78 is 0. The van der Waals surface area contributed by atoms with Gasteiger partial charge in [-0.2, -0.15) is 0 Å². The maximum absolute atomic E-state index is 12.2. The van der Waals surface area contributed by atoms with E-state index in [-0.39, 0.29) is 11.8 Å². The molecule has 0 aliphatic heterocycles. The van der Waals surface area contributed by atoms with Crippen LogP contribution >= 0.6 is 11.8 Å². The number of nitrogens with zero attached hydrogens (tertiary/aromatic N) is 1. The fourth-order valence-electron chi connectivity index (χ4n) is 2.07. The molecule has 2 N–H and O–H groups in total. The van der Waals surface area contributed by atoms with Crippen molar-refractivity contribution in [2.75, 3.05) is 11.1 Å². The zero-order chi connectivity index (χ0) is 15.4. The highest BCUT2D eigenvalue weighted by molar-refractivity contribution is 7.99. The second-order valence-corrected chi connectivity index (χ2v) is 6.21. The Kier molecular flexibility index (Phi) is 4.44. The van der Waals surface area contributed by atoms with Crippen molar-refractivity contribution >= 4 is 34.7 Å². The highest BCUT2D eigenvalue weighted by Crippen LogP contribution is 2.21. The van der Waals surface area contributed by atoms with Crippen LogP contribution in [0.2, 0.25) is 0 Å². The number of imidazole rings is 1. The number of fused-ring (bicyclic) bond motifs is 1. The van der Waals surface area contributed by atoms with Crippen molar-refractivity contribution < 1.29 is 4.79 Å². The first kappa shape index (κ1) is 14.7. The molecular formula is C17H17N3OS. The Morgan fingerprint density at radius 3 is 2.68 bits per heavy atom. The topological polar surface area (TPSA) is 57.8 Å². The van der Waals surface area contributed by atoms with Gasteiger partial charge in [-0.15, -0.1) is 11.8 Å². The molecule has 0 radical (unpaired) electrons. The first-order valence-electron chi connectivity index (χ1n) is 7.16. The van der Waals surface area contributed by atoms with Gasteiger partial charge in [-0.3, -0.25) is 10.1 Å². The van der Waals surface area contributed by atoms with E-state index in [2.05, 4.69) is 27.4 Å². The van der Waals surface area contributed by atoms with E-state index in [0.717, 1.165) is 16.8 Å². The molecule has 3 aromatic rings. The van der Waals surface area contributed by atoms with Crippen molar-refractivity contribution in [1.82, 2.24) is 9.97 Å². The third kappa shape index (κ3) is 3.49. The van der Waals surface area contributed by atoms with Gasteiger partial charge in [-0.1, -0.05) is 37.3 Å². The summed E-state index contributed by atoms with van der Waals surface area (Å²) in [4.78, 5) is 20.9. The van der Waals surface area contributed by atoms with E-state index in [4.69, 9.17) is 0 Å². The molecule has 3 rings (SSSR count). The molecule has 4 nitrogen and oxygen atoms in total. The number of hydrogen-bond donors (Lipinski definition) is 2. The summed E-state index contributed by atoms with van der Waals surface area (Å²) in [5.74, 6) is 1.11. The number of carbonyl (C=O) groups is 1. The summed E-state index contributed by atoms with van der Waals surface area (Å²) in [6.07, 6.45) is 0. The number of H-pyrrole nitrogens is 1. The van der Waals surface area contributed by atoms with Crippen molar-refractivity contribution in [1.29, 1.82) is 0 Å². The highest BCUT2D eigenvalue weighted by atomic mass is 32.2. The minimum atomic E-state index is -0.0987. The van der Waals surface area contributed by atoms with Gasteiger partial charge in [0.15, 0.2) is 0 Å². The van der Waals surface area contributed by atoms with Crippen molar-refractivity contribution in [3.05, 3.63) is 54.6 Å². The molecule has 22 heavy (non-hydrogen) atoms. The van der Waals surface area contributed by atoms with Gasteiger partial charge in [-0.05, 0) is 24.3 Å². The minimum absolute atomic E-state index is 0.0255. The van der Waals surface area contributed by atoms with E-state index in [0.29, 0.717) is 5.95 Å². The number of thioether (sulfide) groups is 1. The van der Waals surface area contributed by atoms with Gasteiger partial charge in [-0.25, -0.2) is 4.98 Å². The fourth-order valence-corrected chi connectivity index (χ4v) is 3.01. The van der Waals surface area contributed by atoms with E-state index in [1.54, 1.807) is 11.8 Å². The summed E-state index contributed by atoms with van der Waals surface area (Å²) in [6, 6.07) is 17.8. The Labute approximate surface area is 133 Å². The van der Waals surface area contributed by atoms with E-state index in [1.807, 2.05) is 49.4 Å². The molecule has 2 aromatic carbocycles. The number of carbonyl (C=O) groups excluding carboxylic acids is 1. The number of benzene rings is 2. The number of para-hydroxylation sites is 2. The molecule has 1 atom stereocenters. The van der Waals surface area contributed by atoms with Gasteiger partial charge in [0, 0.05) is 16.6 Å². The Balaban J connectivity index is 1.58. The van der Waals surface area contributed by atoms with Crippen LogP contribution < -0.4 is 5.32 Å². The molecule has 1 heterocycles. The van der Waals surface area contributed by atoms with Crippen LogP contribution in [0.3, 0.4) is 0 Å². The number of nitrogens with one attached hydrogen (secondary N) is 2. The Hall–Kier alpha value is -2.27. The molecule has 0 bridgehead atoms. The van der Waals surface area contributed by atoms with Gasteiger partial charge in [0.05, 0.1) is 11.0 Å². The quantitative estimate of drug-likeness (QED) is 0.702.